The molecule has 3 rings (SSSR count). The highest BCUT2D eigenvalue weighted by Crippen LogP contribution is 2.28. The first-order chi connectivity index (χ1) is 13.0. The molecule has 2 aromatic heterocycles. The van der Waals surface area contributed by atoms with Crippen molar-refractivity contribution in [3.05, 3.63) is 40.2 Å². The third-order valence-electron chi connectivity index (χ3n) is 5.08. The van der Waals surface area contributed by atoms with E-state index in [9.17, 15) is 9.59 Å². The Balaban J connectivity index is 1.63. The number of aryl methyl sites for hydroxylation is 1. The summed E-state index contributed by atoms with van der Waals surface area (Å²) in [7, 11) is 1.70. The third kappa shape index (κ3) is 4.04. The molecule has 0 atom stereocenters. The first-order valence-corrected chi connectivity index (χ1v) is 9.68. The van der Waals surface area contributed by atoms with Crippen LogP contribution in [-0.4, -0.2) is 44.9 Å². The number of pyridine rings is 1. The quantitative estimate of drug-likeness (QED) is 0.831. The molecule has 1 fully saturated rings. The number of amides is 1. The smallest absolute Gasteiger partial charge is 0.345 e. The number of hydrogen-bond donors (Lipinski definition) is 1. The first kappa shape index (κ1) is 19.1. The van der Waals surface area contributed by atoms with Crippen LogP contribution in [0, 0.1) is 0 Å². The predicted molar refractivity (Wildman–Crippen MR) is 104 cm³/mol. The summed E-state index contributed by atoms with van der Waals surface area (Å²) in [6.45, 7) is 7.02. The number of hydrogen-bond acceptors (Lipinski definition) is 5. The Kier molecular flexibility index (Phi) is 5.93. The van der Waals surface area contributed by atoms with Crippen LogP contribution in [0.4, 0.5) is 5.82 Å². The monoisotopic (exact) mass is 372 g/mol. The largest absolute Gasteiger partial charge is 0.357 e. The number of rotatable bonds is 6. The molecule has 0 spiro atoms. The lowest BCUT2D eigenvalue weighted by atomic mass is 9.96. The molecule has 1 aliphatic rings. The second-order valence-electron chi connectivity index (χ2n) is 6.93. The van der Waals surface area contributed by atoms with Gasteiger partial charge in [0.1, 0.15) is 11.6 Å². The molecule has 0 unspecified atom stereocenters. The maximum absolute atomic E-state index is 12.1. The average Bonchev–Trinajstić information content (AvgIpc) is 3.00. The zero-order valence-corrected chi connectivity index (χ0v) is 16.3. The van der Waals surface area contributed by atoms with E-state index < -0.39 is 0 Å². The van der Waals surface area contributed by atoms with Gasteiger partial charge in [-0.15, -0.1) is 0 Å². The summed E-state index contributed by atoms with van der Waals surface area (Å²) < 4.78 is 3.19. The van der Waals surface area contributed by atoms with Crippen LogP contribution in [0.5, 0.6) is 0 Å². The topological polar surface area (TPSA) is 85.0 Å². The second kappa shape index (κ2) is 8.37. The van der Waals surface area contributed by atoms with Gasteiger partial charge < -0.3 is 10.2 Å². The van der Waals surface area contributed by atoms with Crippen LogP contribution in [-0.2, 0) is 13.6 Å². The number of piperidine rings is 1. The molecule has 0 aliphatic carbocycles. The van der Waals surface area contributed by atoms with Crippen molar-refractivity contribution in [1.29, 1.82) is 0 Å². The Morgan fingerprint density at radius 2 is 2.00 bits per heavy atom. The Labute approximate surface area is 159 Å². The van der Waals surface area contributed by atoms with Crippen LogP contribution in [0.15, 0.2) is 23.1 Å². The fourth-order valence-corrected chi connectivity index (χ4v) is 3.54. The van der Waals surface area contributed by atoms with E-state index in [1.807, 2.05) is 26.0 Å². The second-order valence-corrected chi connectivity index (χ2v) is 6.93. The van der Waals surface area contributed by atoms with Crippen molar-refractivity contribution in [2.24, 2.45) is 7.05 Å². The number of nitrogens with one attached hydrogen (secondary N) is 1. The van der Waals surface area contributed by atoms with Crippen molar-refractivity contribution in [1.82, 2.24) is 24.6 Å². The molecule has 1 aliphatic heterocycles. The number of carbonyl (C=O) groups is 1. The molecule has 2 aromatic rings. The molecule has 1 amide bonds. The molecule has 146 valence electrons. The van der Waals surface area contributed by atoms with Gasteiger partial charge in [0.2, 0.25) is 0 Å². The Morgan fingerprint density at radius 1 is 1.26 bits per heavy atom. The summed E-state index contributed by atoms with van der Waals surface area (Å²) in [5.74, 6) is 1.98. The van der Waals surface area contributed by atoms with Crippen molar-refractivity contribution >= 4 is 11.7 Å². The van der Waals surface area contributed by atoms with Gasteiger partial charge in [0.25, 0.3) is 5.91 Å². The Morgan fingerprint density at radius 3 is 2.59 bits per heavy atom. The van der Waals surface area contributed by atoms with Gasteiger partial charge in [0, 0.05) is 45.3 Å². The molecule has 27 heavy (non-hydrogen) atoms. The van der Waals surface area contributed by atoms with Crippen LogP contribution >= 0.6 is 0 Å². The van der Waals surface area contributed by atoms with E-state index in [2.05, 4.69) is 20.3 Å². The first-order valence-electron chi connectivity index (χ1n) is 9.68. The summed E-state index contributed by atoms with van der Waals surface area (Å²) in [5.41, 5.74) is 0.538. The highest BCUT2D eigenvalue weighted by atomic mass is 16.2. The van der Waals surface area contributed by atoms with E-state index in [0.717, 1.165) is 44.0 Å². The maximum atomic E-state index is 12.1. The Hall–Kier alpha value is -2.64. The minimum atomic E-state index is -0.0812. The molecule has 3 heterocycles. The van der Waals surface area contributed by atoms with E-state index in [0.29, 0.717) is 18.7 Å². The molecule has 0 bridgehead atoms. The van der Waals surface area contributed by atoms with Gasteiger partial charge in [-0.1, -0.05) is 6.92 Å². The van der Waals surface area contributed by atoms with Crippen molar-refractivity contribution in [2.75, 3.05) is 24.5 Å². The Bertz CT molecular complexity index is 831. The number of nitrogens with zero attached hydrogens (tertiary/aromatic N) is 5. The van der Waals surface area contributed by atoms with Crippen LogP contribution in [0.25, 0.3) is 0 Å². The normalized spacial score (nSPS) is 15.1. The molecule has 8 nitrogen and oxygen atoms in total. The fourth-order valence-electron chi connectivity index (χ4n) is 3.54. The molecule has 1 saturated heterocycles. The molecular weight excluding hydrogens is 344 g/mol. The van der Waals surface area contributed by atoms with Crippen molar-refractivity contribution < 1.29 is 4.79 Å². The van der Waals surface area contributed by atoms with Crippen molar-refractivity contribution in [3.8, 4) is 0 Å². The third-order valence-corrected chi connectivity index (χ3v) is 5.08. The van der Waals surface area contributed by atoms with Gasteiger partial charge >= 0.3 is 5.69 Å². The van der Waals surface area contributed by atoms with Crippen LogP contribution in [0.3, 0.4) is 0 Å². The number of carbonyl (C=O) groups excluding carboxylic acids is 1. The zero-order valence-electron chi connectivity index (χ0n) is 16.3. The van der Waals surface area contributed by atoms with Crippen LogP contribution in [0.1, 0.15) is 55.2 Å². The highest BCUT2D eigenvalue weighted by Gasteiger charge is 2.26. The highest BCUT2D eigenvalue weighted by molar-refractivity contribution is 5.94. The summed E-state index contributed by atoms with van der Waals surface area (Å²) >= 11 is 0. The van der Waals surface area contributed by atoms with E-state index in [1.54, 1.807) is 17.8 Å². The van der Waals surface area contributed by atoms with E-state index in [1.165, 1.54) is 4.68 Å². The zero-order chi connectivity index (χ0) is 19.4. The van der Waals surface area contributed by atoms with Gasteiger partial charge in [0.15, 0.2) is 0 Å². The summed E-state index contributed by atoms with van der Waals surface area (Å²) in [6, 6.07) is 3.73. The fraction of sp³-hybridized carbons (Fsp3) is 0.579. The SMILES string of the molecule is CCCNC(=O)c1ccc(N2CCC(c3nn(C)c(=O)n3CC)CC2)nc1. The number of aromatic nitrogens is 4. The minimum Gasteiger partial charge on any atom is -0.357 e. The molecule has 0 aromatic carbocycles. The number of anilines is 1. The molecule has 8 heteroatoms. The van der Waals surface area contributed by atoms with E-state index in [-0.39, 0.29) is 17.5 Å². The lowest BCUT2D eigenvalue weighted by Gasteiger charge is -2.32. The van der Waals surface area contributed by atoms with Crippen molar-refractivity contribution in [3.63, 3.8) is 0 Å². The van der Waals surface area contributed by atoms with E-state index >= 15 is 0 Å². The van der Waals surface area contributed by atoms with Crippen LogP contribution in [0.2, 0.25) is 0 Å². The van der Waals surface area contributed by atoms with Crippen molar-refractivity contribution in [2.45, 2.75) is 45.6 Å². The molecule has 0 radical (unpaired) electrons. The van der Waals surface area contributed by atoms with Gasteiger partial charge in [0.05, 0.1) is 5.56 Å². The summed E-state index contributed by atoms with van der Waals surface area (Å²) in [4.78, 5) is 30.8. The summed E-state index contributed by atoms with van der Waals surface area (Å²) in [6.07, 6.45) is 4.40. The predicted octanol–water partition coefficient (Wildman–Crippen LogP) is 1.52. The van der Waals surface area contributed by atoms with Gasteiger partial charge in [-0.3, -0.25) is 9.36 Å². The standard InChI is InChI=1S/C19H28N6O2/c1-4-10-20-18(26)15-6-7-16(21-13-15)24-11-8-14(9-12-24)17-22-23(3)19(27)25(17)5-2/h6-7,13-14H,4-5,8-12H2,1-3H3,(H,20,26). The van der Waals surface area contributed by atoms with Gasteiger partial charge in [-0.05, 0) is 38.3 Å². The lowest BCUT2D eigenvalue weighted by Crippen LogP contribution is -2.34. The van der Waals surface area contributed by atoms with E-state index in [4.69, 9.17) is 0 Å². The molecule has 0 saturated carbocycles. The lowest BCUT2D eigenvalue weighted by molar-refractivity contribution is 0.0953. The summed E-state index contributed by atoms with van der Waals surface area (Å²) in [5, 5.41) is 7.31. The maximum Gasteiger partial charge on any atom is 0.345 e. The van der Waals surface area contributed by atoms with Gasteiger partial charge in [-0.2, -0.15) is 5.10 Å². The van der Waals surface area contributed by atoms with Gasteiger partial charge in [-0.25, -0.2) is 14.5 Å². The molecule has 1 N–H and O–H groups in total. The average molecular weight is 372 g/mol. The molecular formula is C19H28N6O2. The van der Waals surface area contributed by atoms with Crippen LogP contribution < -0.4 is 15.9 Å². The minimum absolute atomic E-state index is 0.0477.